The van der Waals surface area contributed by atoms with Crippen molar-refractivity contribution in [3.8, 4) is 6.07 Å². The zero-order valence-corrected chi connectivity index (χ0v) is 8.84. The van der Waals surface area contributed by atoms with Crippen molar-refractivity contribution in [1.29, 1.82) is 5.26 Å². The molecule has 0 fully saturated rings. The summed E-state index contributed by atoms with van der Waals surface area (Å²) in [6, 6.07) is 8.10. The van der Waals surface area contributed by atoms with E-state index in [0.717, 1.165) is 4.90 Å². The summed E-state index contributed by atoms with van der Waals surface area (Å²) in [5, 5.41) is 8.36. The molecule has 5 nitrogen and oxygen atoms in total. The predicted octanol–water partition coefficient (Wildman–Crippen LogP) is 0.765. The smallest absolute Gasteiger partial charge is 0.261 e. The van der Waals surface area contributed by atoms with E-state index in [1.54, 1.807) is 30.3 Å². The molecule has 0 aromatic heterocycles. The minimum Gasteiger partial charge on any atom is -0.297 e. The first-order chi connectivity index (χ1) is 8.15. The topological polar surface area (TPSA) is 78.2 Å². The molecule has 5 heteroatoms. The molecular formula is C12H8N2O3. The molecule has 1 aliphatic rings. The van der Waals surface area contributed by atoms with Crippen molar-refractivity contribution in [2.24, 2.45) is 0 Å². The molecule has 2 rings (SSSR count). The van der Waals surface area contributed by atoms with Crippen LogP contribution in [-0.4, -0.2) is 29.0 Å². The molecule has 0 N–H and O–H groups in total. The molecular weight excluding hydrogens is 220 g/mol. The van der Waals surface area contributed by atoms with Crippen LogP contribution in [0.2, 0.25) is 0 Å². The summed E-state index contributed by atoms with van der Waals surface area (Å²) in [5.41, 5.74) is 0.615. The minimum absolute atomic E-state index is 0.298. The number of fused-ring (bicyclic) bond motifs is 1. The number of carbonyl (C=O) groups is 3. The number of amides is 2. The monoisotopic (exact) mass is 228 g/mol. The Hall–Kier alpha value is -2.48. The van der Waals surface area contributed by atoms with E-state index in [-0.39, 0.29) is 13.0 Å². The Morgan fingerprint density at radius 2 is 1.71 bits per heavy atom. The molecule has 0 saturated carbocycles. The van der Waals surface area contributed by atoms with Gasteiger partial charge >= 0.3 is 0 Å². The average Bonchev–Trinajstić information content (AvgIpc) is 2.56. The van der Waals surface area contributed by atoms with Crippen molar-refractivity contribution in [2.45, 2.75) is 6.42 Å². The highest BCUT2D eigenvalue weighted by molar-refractivity contribution is 6.22. The first kappa shape index (κ1) is 11.0. The van der Waals surface area contributed by atoms with Gasteiger partial charge in [0.15, 0.2) is 5.78 Å². The van der Waals surface area contributed by atoms with Crippen LogP contribution in [0.3, 0.4) is 0 Å². The summed E-state index contributed by atoms with van der Waals surface area (Å²) in [6.45, 7) is -0.333. The number of carbonyl (C=O) groups excluding carboxylic acids is 3. The van der Waals surface area contributed by atoms with E-state index in [2.05, 4.69) is 0 Å². The molecule has 0 spiro atoms. The lowest BCUT2D eigenvalue weighted by Crippen LogP contribution is -2.34. The van der Waals surface area contributed by atoms with Crippen molar-refractivity contribution in [2.75, 3.05) is 6.54 Å². The van der Waals surface area contributed by atoms with Gasteiger partial charge < -0.3 is 0 Å². The molecule has 2 amide bonds. The Kier molecular flexibility index (Phi) is 2.71. The van der Waals surface area contributed by atoms with E-state index >= 15 is 0 Å². The van der Waals surface area contributed by atoms with Crippen LogP contribution in [0.15, 0.2) is 24.3 Å². The predicted molar refractivity (Wildman–Crippen MR) is 57.0 cm³/mol. The minimum atomic E-state index is -0.475. The second kappa shape index (κ2) is 4.18. The maximum absolute atomic E-state index is 11.8. The molecule has 0 unspecified atom stereocenters. The summed E-state index contributed by atoms with van der Waals surface area (Å²) in [6.07, 6.45) is -0.298. The molecule has 0 radical (unpaired) electrons. The third-order valence-corrected chi connectivity index (χ3v) is 2.49. The highest BCUT2D eigenvalue weighted by Gasteiger charge is 2.35. The Labute approximate surface area is 97.3 Å². The van der Waals surface area contributed by atoms with Gasteiger partial charge in [-0.05, 0) is 12.1 Å². The third-order valence-electron chi connectivity index (χ3n) is 2.49. The van der Waals surface area contributed by atoms with Crippen LogP contribution in [-0.2, 0) is 4.79 Å². The Morgan fingerprint density at radius 1 is 1.18 bits per heavy atom. The lowest BCUT2D eigenvalue weighted by atomic mass is 10.1. The summed E-state index contributed by atoms with van der Waals surface area (Å²) >= 11 is 0. The van der Waals surface area contributed by atoms with Crippen molar-refractivity contribution in [3.63, 3.8) is 0 Å². The molecule has 1 heterocycles. The number of nitrogens with zero attached hydrogens (tertiary/aromatic N) is 2. The fraction of sp³-hybridized carbons (Fsp3) is 0.167. The van der Waals surface area contributed by atoms with Crippen LogP contribution in [0.5, 0.6) is 0 Å². The van der Waals surface area contributed by atoms with Gasteiger partial charge in [-0.1, -0.05) is 12.1 Å². The lowest BCUT2D eigenvalue weighted by molar-refractivity contribution is -0.118. The molecule has 0 atom stereocenters. The number of hydrogen-bond acceptors (Lipinski definition) is 4. The van der Waals surface area contributed by atoms with Crippen molar-refractivity contribution >= 4 is 17.6 Å². The standard InChI is InChI=1S/C12H8N2O3/c13-6-5-8(15)7-14-11(16)9-3-1-2-4-10(9)12(14)17/h1-4H,5,7H2. The Morgan fingerprint density at radius 3 is 2.18 bits per heavy atom. The molecule has 0 bridgehead atoms. The lowest BCUT2D eigenvalue weighted by Gasteiger charge is -2.11. The Balaban J connectivity index is 2.25. The van der Waals surface area contributed by atoms with E-state index < -0.39 is 17.6 Å². The van der Waals surface area contributed by atoms with E-state index in [9.17, 15) is 14.4 Å². The van der Waals surface area contributed by atoms with Crippen LogP contribution < -0.4 is 0 Å². The quantitative estimate of drug-likeness (QED) is 0.715. The van der Waals surface area contributed by atoms with Gasteiger partial charge in [0.05, 0.1) is 30.2 Å². The first-order valence-corrected chi connectivity index (χ1v) is 4.99. The average molecular weight is 228 g/mol. The van der Waals surface area contributed by atoms with Gasteiger partial charge in [0.2, 0.25) is 0 Å². The van der Waals surface area contributed by atoms with E-state index in [4.69, 9.17) is 5.26 Å². The van der Waals surface area contributed by atoms with Gasteiger partial charge in [-0.25, -0.2) is 0 Å². The van der Waals surface area contributed by atoms with Crippen LogP contribution in [0.1, 0.15) is 27.1 Å². The molecule has 0 saturated heterocycles. The van der Waals surface area contributed by atoms with Crippen LogP contribution >= 0.6 is 0 Å². The van der Waals surface area contributed by atoms with E-state index in [1.807, 2.05) is 0 Å². The molecule has 17 heavy (non-hydrogen) atoms. The summed E-state index contributed by atoms with van der Waals surface area (Å²) in [4.78, 5) is 35.8. The zero-order chi connectivity index (χ0) is 12.4. The normalized spacial score (nSPS) is 13.5. The largest absolute Gasteiger partial charge is 0.297 e. The molecule has 0 aliphatic carbocycles. The number of ketones is 1. The molecule has 84 valence electrons. The number of imide groups is 1. The number of Topliss-reactive ketones (excluding diaryl/α,β-unsaturated/α-hetero) is 1. The number of rotatable bonds is 3. The first-order valence-electron chi connectivity index (χ1n) is 4.99. The molecule has 1 aliphatic heterocycles. The Bertz CT molecular complexity index is 522. The maximum atomic E-state index is 11.8. The number of hydrogen-bond donors (Lipinski definition) is 0. The van der Waals surface area contributed by atoms with Gasteiger partial charge in [-0.2, -0.15) is 5.26 Å². The highest BCUT2D eigenvalue weighted by Crippen LogP contribution is 2.22. The van der Waals surface area contributed by atoms with Crippen LogP contribution in [0.4, 0.5) is 0 Å². The summed E-state index contributed by atoms with van der Waals surface area (Å²) in [5.74, 6) is -1.39. The summed E-state index contributed by atoms with van der Waals surface area (Å²) < 4.78 is 0. The highest BCUT2D eigenvalue weighted by atomic mass is 16.2. The SMILES string of the molecule is N#CCC(=O)CN1C(=O)c2ccccc2C1=O. The van der Waals surface area contributed by atoms with Crippen molar-refractivity contribution in [1.82, 2.24) is 4.90 Å². The number of benzene rings is 1. The second-order valence-electron chi connectivity index (χ2n) is 3.62. The third kappa shape index (κ3) is 1.81. The second-order valence-corrected chi connectivity index (χ2v) is 3.62. The van der Waals surface area contributed by atoms with E-state index in [1.165, 1.54) is 0 Å². The van der Waals surface area contributed by atoms with Gasteiger partial charge in [0.25, 0.3) is 11.8 Å². The fourth-order valence-electron chi connectivity index (χ4n) is 1.70. The van der Waals surface area contributed by atoms with Gasteiger partial charge in [-0.15, -0.1) is 0 Å². The van der Waals surface area contributed by atoms with Gasteiger partial charge in [0, 0.05) is 0 Å². The van der Waals surface area contributed by atoms with Crippen LogP contribution in [0, 0.1) is 11.3 Å². The van der Waals surface area contributed by atoms with Crippen molar-refractivity contribution < 1.29 is 14.4 Å². The van der Waals surface area contributed by atoms with Crippen molar-refractivity contribution in [3.05, 3.63) is 35.4 Å². The molecule has 1 aromatic carbocycles. The number of nitriles is 1. The van der Waals surface area contributed by atoms with Crippen LogP contribution in [0.25, 0.3) is 0 Å². The van der Waals surface area contributed by atoms with Gasteiger partial charge in [0.1, 0.15) is 0 Å². The molecule has 1 aromatic rings. The zero-order valence-electron chi connectivity index (χ0n) is 8.84. The van der Waals surface area contributed by atoms with E-state index in [0.29, 0.717) is 11.1 Å². The fourth-order valence-corrected chi connectivity index (χ4v) is 1.70. The van der Waals surface area contributed by atoms with Gasteiger partial charge in [-0.3, -0.25) is 19.3 Å². The maximum Gasteiger partial charge on any atom is 0.261 e. The summed E-state index contributed by atoms with van der Waals surface area (Å²) in [7, 11) is 0.